The number of rotatable bonds is 5. The molecule has 112 valence electrons. The van der Waals surface area contributed by atoms with E-state index in [1.54, 1.807) is 0 Å². The highest BCUT2D eigenvalue weighted by Crippen LogP contribution is 2.26. The van der Waals surface area contributed by atoms with Gasteiger partial charge in [0.1, 0.15) is 0 Å². The Balaban J connectivity index is 2.07. The van der Waals surface area contributed by atoms with E-state index in [4.69, 9.17) is 10.5 Å². The van der Waals surface area contributed by atoms with Crippen molar-refractivity contribution < 1.29 is 4.74 Å². The van der Waals surface area contributed by atoms with E-state index in [0.29, 0.717) is 0 Å². The maximum Gasteiger partial charge on any atom is 0.0594 e. The molecule has 0 aliphatic carbocycles. The van der Waals surface area contributed by atoms with Crippen LogP contribution in [-0.4, -0.2) is 42.8 Å². The van der Waals surface area contributed by atoms with Gasteiger partial charge >= 0.3 is 0 Å². The van der Waals surface area contributed by atoms with Crippen molar-refractivity contribution >= 4 is 22.6 Å². The molecule has 0 bridgehead atoms. The zero-order chi connectivity index (χ0) is 14.6. The zero-order valence-electron chi connectivity index (χ0n) is 12.4. The quantitative estimate of drug-likeness (QED) is 0.789. The number of nitrogens with two attached hydrogens (primary N) is 1. The molecule has 1 fully saturated rings. The van der Waals surface area contributed by atoms with E-state index in [9.17, 15) is 0 Å². The SMILES string of the molecule is CCC(C)(C(N)Cc1ccc(I)cc1)N1CCOCC1. The standard InChI is InChI=1S/C16H25IN2O/c1-3-16(2,19-8-10-20-11-9-19)15(18)12-13-4-6-14(17)7-5-13/h4-7,15H,3,8-12,18H2,1-2H3. The lowest BCUT2D eigenvalue weighted by Crippen LogP contribution is -2.61. The average Bonchev–Trinajstić information content (AvgIpc) is 2.49. The fourth-order valence-electron chi connectivity index (χ4n) is 2.89. The first kappa shape index (κ1) is 16.2. The van der Waals surface area contributed by atoms with Crippen LogP contribution in [0.25, 0.3) is 0 Å². The maximum absolute atomic E-state index is 6.58. The van der Waals surface area contributed by atoms with Gasteiger partial charge in [-0.05, 0) is 60.1 Å². The van der Waals surface area contributed by atoms with Crippen LogP contribution in [-0.2, 0) is 11.2 Å². The van der Waals surface area contributed by atoms with Crippen LogP contribution < -0.4 is 5.73 Å². The molecule has 1 aromatic rings. The van der Waals surface area contributed by atoms with Crippen molar-refractivity contribution in [1.82, 2.24) is 4.90 Å². The monoisotopic (exact) mass is 388 g/mol. The minimum Gasteiger partial charge on any atom is -0.379 e. The van der Waals surface area contributed by atoms with Gasteiger partial charge in [-0.1, -0.05) is 19.1 Å². The van der Waals surface area contributed by atoms with E-state index in [2.05, 4.69) is 65.6 Å². The summed E-state index contributed by atoms with van der Waals surface area (Å²) in [4.78, 5) is 2.51. The highest BCUT2D eigenvalue weighted by molar-refractivity contribution is 14.1. The number of morpholine rings is 1. The van der Waals surface area contributed by atoms with Gasteiger partial charge in [0.25, 0.3) is 0 Å². The van der Waals surface area contributed by atoms with Crippen molar-refractivity contribution in [3.8, 4) is 0 Å². The first-order chi connectivity index (χ1) is 9.56. The third kappa shape index (κ3) is 3.72. The van der Waals surface area contributed by atoms with Gasteiger partial charge in [0.15, 0.2) is 0 Å². The average molecular weight is 388 g/mol. The third-order valence-electron chi connectivity index (χ3n) is 4.62. The van der Waals surface area contributed by atoms with Crippen molar-refractivity contribution in [3.63, 3.8) is 0 Å². The normalized spacial score (nSPS) is 21.4. The molecule has 2 atom stereocenters. The van der Waals surface area contributed by atoms with Crippen molar-refractivity contribution in [2.45, 2.75) is 38.3 Å². The van der Waals surface area contributed by atoms with E-state index in [1.807, 2.05) is 0 Å². The predicted octanol–water partition coefficient (Wildman–Crippen LogP) is 2.66. The highest BCUT2D eigenvalue weighted by atomic mass is 127. The molecule has 3 nitrogen and oxygen atoms in total. The van der Waals surface area contributed by atoms with Gasteiger partial charge in [0, 0.05) is 28.2 Å². The van der Waals surface area contributed by atoms with Gasteiger partial charge in [-0.3, -0.25) is 4.90 Å². The molecule has 0 saturated carbocycles. The minimum atomic E-state index is 0.0484. The number of benzene rings is 1. The van der Waals surface area contributed by atoms with Crippen molar-refractivity contribution in [3.05, 3.63) is 33.4 Å². The van der Waals surface area contributed by atoms with E-state index in [1.165, 1.54) is 9.13 Å². The van der Waals surface area contributed by atoms with Crippen LogP contribution in [0.2, 0.25) is 0 Å². The number of halogens is 1. The Kier molecular flexibility index (Phi) is 5.84. The maximum atomic E-state index is 6.58. The molecule has 1 aliphatic heterocycles. The summed E-state index contributed by atoms with van der Waals surface area (Å²) in [6, 6.07) is 8.83. The predicted molar refractivity (Wildman–Crippen MR) is 91.9 cm³/mol. The second-order valence-electron chi connectivity index (χ2n) is 5.75. The van der Waals surface area contributed by atoms with Gasteiger partial charge in [0.05, 0.1) is 13.2 Å². The van der Waals surface area contributed by atoms with Gasteiger partial charge < -0.3 is 10.5 Å². The van der Waals surface area contributed by atoms with E-state index in [0.717, 1.165) is 39.1 Å². The van der Waals surface area contributed by atoms with Crippen LogP contribution in [0.1, 0.15) is 25.8 Å². The Hall–Kier alpha value is -0.170. The smallest absolute Gasteiger partial charge is 0.0594 e. The summed E-state index contributed by atoms with van der Waals surface area (Å²) in [6.07, 6.45) is 2.00. The van der Waals surface area contributed by atoms with Crippen LogP contribution in [0.15, 0.2) is 24.3 Å². The molecule has 1 heterocycles. The Morgan fingerprint density at radius 3 is 2.45 bits per heavy atom. The first-order valence-corrected chi connectivity index (χ1v) is 8.47. The Morgan fingerprint density at radius 2 is 1.90 bits per heavy atom. The van der Waals surface area contributed by atoms with Gasteiger partial charge in [0.2, 0.25) is 0 Å². The minimum absolute atomic E-state index is 0.0484. The first-order valence-electron chi connectivity index (χ1n) is 7.39. The fraction of sp³-hybridized carbons (Fsp3) is 0.625. The zero-order valence-corrected chi connectivity index (χ0v) is 14.6. The lowest BCUT2D eigenvalue weighted by Gasteiger charge is -2.46. The van der Waals surface area contributed by atoms with Crippen LogP contribution >= 0.6 is 22.6 Å². The molecular weight excluding hydrogens is 363 g/mol. The van der Waals surface area contributed by atoms with Crippen molar-refractivity contribution in [1.29, 1.82) is 0 Å². The third-order valence-corrected chi connectivity index (χ3v) is 5.34. The molecule has 1 saturated heterocycles. The fourth-order valence-corrected chi connectivity index (χ4v) is 3.25. The molecule has 2 N–H and O–H groups in total. The number of hydrogen-bond donors (Lipinski definition) is 1. The van der Waals surface area contributed by atoms with E-state index >= 15 is 0 Å². The molecule has 1 aromatic carbocycles. The Bertz CT molecular complexity index is 417. The summed E-state index contributed by atoms with van der Waals surface area (Å²) in [5.41, 5.74) is 7.95. The molecule has 2 rings (SSSR count). The van der Waals surface area contributed by atoms with E-state index < -0.39 is 0 Å². The number of ether oxygens (including phenoxy) is 1. The van der Waals surface area contributed by atoms with Gasteiger partial charge in [-0.25, -0.2) is 0 Å². The van der Waals surface area contributed by atoms with Crippen molar-refractivity contribution in [2.75, 3.05) is 26.3 Å². The number of nitrogens with zero attached hydrogens (tertiary/aromatic N) is 1. The van der Waals surface area contributed by atoms with Crippen LogP contribution in [0.5, 0.6) is 0 Å². The van der Waals surface area contributed by atoms with Crippen LogP contribution in [0.4, 0.5) is 0 Å². The molecule has 0 amide bonds. The summed E-state index contributed by atoms with van der Waals surface area (Å²) in [7, 11) is 0. The largest absolute Gasteiger partial charge is 0.379 e. The highest BCUT2D eigenvalue weighted by Gasteiger charge is 2.36. The molecule has 0 spiro atoms. The molecule has 1 aliphatic rings. The molecule has 0 aromatic heterocycles. The summed E-state index contributed by atoms with van der Waals surface area (Å²) in [5.74, 6) is 0. The van der Waals surface area contributed by atoms with Gasteiger partial charge in [-0.15, -0.1) is 0 Å². The Morgan fingerprint density at radius 1 is 1.30 bits per heavy atom. The summed E-state index contributed by atoms with van der Waals surface area (Å²) >= 11 is 2.34. The lowest BCUT2D eigenvalue weighted by atomic mass is 9.84. The molecule has 0 radical (unpaired) electrons. The van der Waals surface area contributed by atoms with Crippen LogP contribution in [0, 0.1) is 3.57 Å². The summed E-state index contributed by atoms with van der Waals surface area (Å²) < 4.78 is 6.74. The topological polar surface area (TPSA) is 38.5 Å². The van der Waals surface area contributed by atoms with Crippen molar-refractivity contribution in [2.24, 2.45) is 5.73 Å². The molecular formula is C16H25IN2O. The summed E-state index contributed by atoms with van der Waals surface area (Å²) in [6.45, 7) is 8.17. The van der Waals surface area contributed by atoms with Gasteiger partial charge in [-0.2, -0.15) is 0 Å². The molecule has 2 unspecified atom stereocenters. The lowest BCUT2D eigenvalue weighted by molar-refractivity contribution is -0.0272. The summed E-state index contributed by atoms with van der Waals surface area (Å²) in [5, 5.41) is 0. The van der Waals surface area contributed by atoms with Crippen LogP contribution in [0.3, 0.4) is 0 Å². The van der Waals surface area contributed by atoms with E-state index in [-0.39, 0.29) is 11.6 Å². The second kappa shape index (κ2) is 7.20. The Labute approximate surface area is 136 Å². The molecule has 20 heavy (non-hydrogen) atoms. The number of hydrogen-bond acceptors (Lipinski definition) is 3. The second-order valence-corrected chi connectivity index (χ2v) is 6.99. The molecule has 4 heteroatoms.